The fourth-order valence-corrected chi connectivity index (χ4v) is 2.03. The van der Waals surface area contributed by atoms with Gasteiger partial charge in [-0.05, 0) is 38.5 Å². The van der Waals surface area contributed by atoms with Crippen molar-refractivity contribution >= 4 is 22.8 Å². The van der Waals surface area contributed by atoms with Gasteiger partial charge in [0.2, 0.25) is 5.91 Å². The largest absolute Gasteiger partial charge is 0.356 e. The SMILES string of the molecule is CC(=O)NCCCNC(=O)c1ccc2nc(C)c(C)nc2c1. The molecule has 2 N–H and O–H groups in total. The van der Waals surface area contributed by atoms with Gasteiger partial charge in [0.05, 0.1) is 22.4 Å². The van der Waals surface area contributed by atoms with Crippen LogP contribution in [0.15, 0.2) is 18.2 Å². The maximum Gasteiger partial charge on any atom is 0.251 e. The van der Waals surface area contributed by atoms with E-state index in [9.17, 15) is 9.59 Å². The van der Waals surface area contributed by atoms with Crippen LogP contribution in [0, 0.1) is 13.8 Å². The second kappa shape index (κ2) is 6.98. The number of nitrogens with one attached hydrogen (secondary N) is 2. The number of benzene rings is 1. The summed E-state index contributed by atoms with van der Waals surface area (Å²) in [6, 6.07) is 5.30. The van der Waals surface area contributed by atoms with Crippen molar-refractivity contribution in [1.29, 1.82) is 0 Å². The second-order valence-electron chi connectivity index (χ2n) is 5.19. The van der Waals surface area contributed by atoms with E-state index in [1.807, 2.05) is 13.8 Å². The van der Waals surface area contributed by atoms with Crippen LogP contribution in [-0.4, -0.2) is 34.9 Å². The minimum Gasteiger partial charge on any atom is -0.356 e. The Balaban J connectivity index is 1.99. The topological polar surface area (TPSA) is 84.0 Å². The average Bonchev–Trinajstić information content (AvgIpc) is 2.47. The molecule has 2 amide bonds. The lowest BCUT2D eigenvalue weighted by molar-refractivity contribution is -0.118. The highest BCUT2D eigenvalue weighted by Crippen LogP contribution is 2.14. The first kappa shape index (κ1) is 15.9. The number of hydrogen-bond donors (Lipinski definition) is 2. The molecule has 0 aliphatic rings. The maximum absolute atomic E-state index is 12.1. The van der Waals surface area contributed by atoms with E-state index < -0.39 is 0 Å². The van der Waals surface area contributed by atoms with Gasteiger partial charge < -0.3 is 10.6 Å². The highest BCUT2D eigenvalue weighted by atomic mass is 16.2. The van der Waals surface area contributed by atoms with Crippen molar-refractivity contribution in [2.24, 2.45) is 0 Å². The van der Waals surface area contributed by atoms with E-state index >= 15 is 0 Å². The van der Waals surface area contributed by atoms with E-state index in [0.29, 0.717) is 30.6 Å². The third kappa shape index (κ3) is 4.00. The van der Waals surface area contributed by atoms with Crippen LogP contribution >= 0.6 is 0 Å². The Morgan fingerprint density at radius 1 is 1.00 bits per heavy atom. The van der Waals surface area contributed by atoms with Gasteiger partial charge in [0.15, 0.2) is 0 Å². The Morgan fingerprint density at radius 2 is 1.64 bits per heavy atom. The average molecular weight is 300 g/mol. The number of aryl methyl sites for hydroxylation is 2. The lowest BCUT2D eigenvalue weighted by Crippen LogP contribution is -2.28. The van der Waals surface area contributed by atoms with Crippen molar-refractivity contribution in [3.8, 4) is 0 Å². The number of rotatable bonds is 5. The second-order valence-corrected chi connectivity index (χ2v) is 5.19. The summed E-state index contributed by atoms with van der Waals surface area (Å²) in [4.78, 5) is 31.7. The van der Waals surface area contributed by atoms with Crippen LogP contribution in [-0.2, 0) is 4.79 Å². The predicted molar refractivity (Wildman–Crippen MR) is 84.6 cm³/mol. The number of hydrogen-bond acceptors (Lipinski definition) is 4. The molecular formula is C16H20N4O2. The molecule has 6 nitrogen and oxygen atoms in total. The molecule has 0 aliphatic heterocycles. The van der Waals surface area contributed by atoms with E-state index in [-0.39, 0.29) is 11.8 Å². The van der Waals surface area contributed by atoms with Crippen LogP contribution in [0.2, 0.25) is 0 Å². The van der Waals surface area contributed by atoms with Gasteiger partial charge in [0.1, 0.15) is 0 Å². The van der Waals surface area contributed by atoms with E-state index in [1.54, 1.807) is 18.2 Å². The molecule has 1 aromatic heterocycles. The van der Waals surface area contributed by atoms with Gasteiger partial charge in [-0.25, -0.2) is 9.97 Å². The Morgan fingerprint density at radius 3 is 2.32 bits per heavy atom. The van der Waals surface area contributed by atoms with E-state index in [0.717, 1.165) is 16.9 Å². The number of nitrogens with zero attached hydrogens (tertiary/aromatic N) is 2. The van der Waals surface area contributed by atoms with Crippen molar-refractivity contribution < 1.29 is 9.59 Å². The molecular weight excluding hydrogens is 280 g/mol. The summed E-state index contributed by atoms with van der Waals surface area (Å²) in [6.45, 7) is 6.35. The smallest absolute Gasteiger partial charge is 0.251 e. The van der Waals surface area contributed by atoms with Crippen molar-refractivity contribution in [2.45, 2.75) is 27.2 Å². The summed E-state index contributed by atoms with van der Waals surface area (Å²) < 4.78 is 0. The summed E-state index contributed by atoms with van der Waals surface area (Å²) in [5, 5.41) is 5.51. The minimum atomic E-state index is -0.148. The van der Waals surface area contributed by atoms with Crippen LogP contribution < -0.4 is 10.6 Å². The van der Waals surface area contributed by atoms with Crippen molar-refractivity contribution in [3.63, 3.8) is 0 Å². The van der Waals surface area contributed by atoms with Gasteiger partial charge in [-0.3, -0.25) is 9.59 Å². The molecule has 1 aromatic carbocycles. The van der Waals surface area contributed by atoms with Gasteiger partial charge in [-0.1, -0.05) is 0 Å². The quantitative estimate of drug-likeness (QED) is 0.820. The normalized spacial score (nSPS) is 10.5. The van der Waals surface area contributed by atoms with Crippen LogP contribution in [0.5, 0.6) is 0 Å². The third-order valence-electron chi connectivity index (χ3n) is 3.35. The van der Waals surface area contributed by atoms with Gasteiger partial charge in [0.25, 0.3) is 5.91 Å². The summed E-state index contributed by atoms with van der Waals surface area (Å²) in [5.74, 6) is -0.213. The number of carbonyl (C=O) groups is 2. The molecule has 0 fully saturated rings. The monoisotopic (exact) mass is 300 g/mol. The molecule has 0 unspecified atom stereocenters. The molecule has 0 atom stereocenters. The van der Waals surface area contributed by atoms with Gasteiger partial charge in [0, 0.05) is 25.6 Å². The number of aromatic nitrogens is 2. The lowest BCUT2D eigenvalue weighted by atomic mass is 10.1. The number of carbonyl (C=O) groups excluding carboxylic acids is 2. The predicted octanol–water partition coefficient (Wildman–Crippen LogP) is 1.50. The Kier molecular flexibility index (Phi) is 5.04. The Labute approximate surface area is 129 Å². The standard InChI is InChI=1S/C16H20N4O2/c1-10-11(2)20-15-9-13(5-6-14(15)19-10)16(22)18-8-4-7-17-12(3)21/h5-6,9H,4,7-8H2,1-3H3,(H,17,21)(H,18,22). The summed E-state index contributed by atoms with van der Waals surface area (Å²) in [5.41, 5.74) is 3.81. The summed E-state index contributed by atoms with van der Waals surface area (Å²) in [6.07, 6.45) is 0.691. The van der Waals surface area contributed by atoms with Crippen molar-refractivity contribution in [1.82, 2.24) is 20.6 Å². The van der Waals surface area contributed by atoms with E-state index in [1.165, 1.54) is 6.92 Å². The molecule has 0 bridgehead atoms. The zero-order chi connectivity index (χ0) is 16.1. The molecule has 116 valence electrons. The van der Waals surface area contributed by atoms with Crippen LogP contribution in [0.25, 0.3) is 11.0 Å². The molecule has 0 aliphatic carbocycles. The Bertz CT molecular complexity index is 713. The third-order valence-corrected chi connectivity index (χ3v) is 3.35. The van der Waals surface area contributed by atoms with Gasteiger partial charge >= 0.3 is 0 Å². The number of amides is 2. The fraction of sp³-hybridized carbons (Fsp3) is 0.375. The van der Waals surface area contributed by atoms with Crippen LogP contribution in [0.1, 0.15) is 35.1 Å². The summed E-state index contributed by atoms with van der Waals surface area (Å²) in [7, 11) is 0. The molecule has 0 spiro atoms. The summed E-state index contributed by atoms with van der Waals surface area (Å²) >= 11 is 0. The van der Waals surface area contributed by atoms with Gasteiger partial charge in [-0.15, -0.1) is 0 Å². The van der Waals surface area contributed by atoms with Crippen LogP contribution in [0.3, 0.4) is 0 Å². The fourth-order valence-electron chi connectivity index (χ4n) is 2.03. The minimum absolute atomic E-state index is 0.0647. The molecule has 1 heterocycles. The molecule has 0 saturated heterocycles. The van der Waals surface area contributed by atoms with Crippen molar-refractivity contribution in [3.05, 3.63) is 35.2 Å². The zero-order valence-corrected chi connectivity index (χ0v) is 13.1. The van der Waals surface area contributed by atoms with Crippen molar-refractivity contribution in [2.75, 3.05) is 13.1 Å². The molecule has 0 saturated carbocycles. The van der Waals surface area contributed by atoms with E-state index in [4.69, 9.17) is 0 Å². The molecule has 2 rings (SSSR count). The van der Waals surface area contributed by atoms with E-state index in [2.05, 4.69) is 20.6 Å². The number of fused-ring (bicyclic) bond motifs is 1. The molecule has 22 heavy (non-hydrogen) atoms. The first-order valence-electron chi connectivity index (χ1n) is 7.25. The highest BCUT2D eigenvalue weighted by Gasteiger charge is 2.08. The Hall–Kier alpha value is -2.50. The first-order valence-corrected chi connectivity index (χ1v) is 7.25. The maximum atomic E-state index is 12.1. The highest BCUT2D eigenvalue weighted by molar-refractivity contribution is 5.97. The zero-order valence-electron chi connectivity index (χ0n) is 13.1. The first-order chi connectivity index (χ1) is 10.5. The van der Waals surface area contributed by atoms with Crippen LogP contribution in [0.4, 0.5) is 0 Å². The lowest BCUT2D eigenvalue weighted by Gasteiger charge is -2.07. The van der Waals surface area contributed by atoms with Gasteiger partial charge in [-0.2, -0.15) is 0 Å². The molecule has 6 heteroatoms. The molecule has 0 radical (unpaired) electrons. The molecule has 2 aromatic rings.